The van der Waals surface area contributed by atoms with E-state index in [0.717, 1.165) is 25.9 Å². The topological polar surface area (TPSA) is 43.8 Å². The van der Waals surface area contributed by atoms with Crippen LogP contribution < -0.4 is 0 Å². The van der Waals surface area contributed by atoms with Crippen molar-refractivity contribution in [2.75, 3.05) is 26.7 Å². The first-order valence-electron chi connectivity index (χ1n) is 8.15. The molecule has 0 spiro atoms. The zero-order valence-corrected chi connectivity index (χ0v) is 13.2. The molecule has 1 aliphatic heterocycles. The first-order chi connectivity index (χ1) is 9.49. The number of aliphatic hydroxyl groups is 1. The van der Waals surface area contributed by atoms with Gasteiger partial charge in [-0.3, -0.25) is 9.69 Å². The summed E-state index contributed by atoms with van der Waals surface area (Å²) in [5, 5.41) is 9.63. The lowest BCUT2D eigenvalue weighted by molar-refractivity contribution is -0.134. The molecule has 1 N–H and O–H groups in total. The van der Waals surface area contributed by atoms with Crippen molar-refractivity contribution in [2.45, 2.75) is 58.1 Å². The number of likely N-dealkylation sites (tertiary alicyclic amines) is 1. The minimum absolute atomic E-state index is 0.245. The van der Waals surface area contributed by atoms with Gasteiger partial charge in [-0.25, -0.2) is 0 Å². The Kier molecular flexibility index (Phi) is 5.44. The number of hydrogen-bond donors (Lipinski definition) is 1. The van der Waals surface area contributed by atoms with Gasteiger partial charge in [0.25, 0.3) is 0 Å². The number of hydrogen-bond acceptors (Lipinski definition) is 3. The number of likely N-dealkylation sites (N-methyl/N-ethyl adjacent to an activating group) is 1. The molecule has 2 aliphatic rings. The Bertz CT molecular complexity index is 332. The highest BCUT2D eigenvalue weighted by molar-refractivity contribution is 5.78. The number of nitrogens with zero attached hydrogens (tertiary/aromatic N) is 2. The standard InChI is InChI=1S/C16H30N2O2/c1-12-6-4-5-7-15(12)17(3)16(20)11-18-9-8-14(10-18)13(2)19/h12-15,19H,4-11H2,1-3H3. The van der Waals surface area contributed by atoms with Crippen LogP contribution in [0.5, 0.6) is 0 Å². The van der Waals surface area contributed by atoms with Crippen LogP contribution in [0.2, 0.25) is 0 Å². The first kappa shape index (κ1) is 15.8. The Morgan fingerprint density at radius 2 is 2.05 bits per heavy atom. The predicted octanol–water partition coefficient (Wildman–Crippen LogP) is 1.73. The van der Waals surface area contributed by atoms with Gasteiger partial charge in [-0.05, 0) is 44.6 Å². The number of carbonyl (C=O) groups is 1. The van der Waals surface area contributed by atoms with Crippen molar-refractivity contribution in [1.82, 2.24) is 9.80 Å². The lowest BCUT2D eigenvalue weighted by Crippen LogP contribution is -2.46. The quantitative estimate of drug-likeness (QED) is 0.854. The molecule has 0 aromatic heterocycles. The van der Waals surface area contributed by atoms with Gasteiger partial charge in [-0.1, -0.05) is 19.8 Å². The first-order valence-corrected chi connectivity index (χ1v) is 8.15. The van der Waals surface area contributed by atoms with Crippen LogP contribution in [0.15, 0.2) is 0 Å². The van der Waals surface area contributed by atoms with Gasteiger partial charge in [-0.2, -0.15) is 0 Å². The van der Waals surface area contributed by atoms with Gasteiger partial charge in [-0.15, -0.1) is 0 Å². The van der Waals surface area contributed by atoms with Gasteiger partial charge in [0.15, 0.2) is 0 Å². The van der Waals surface area contributed by atoms with Crippen molar-refractivity contribution in [3.05, 3.63) is 0 Å². The maximum Gasteiger partial charge on any atom is 0.236 e. The van der Waals surface area contributed by atoms with Crippen LogP contribution in [0.25, 0.3) is 0 Å². The molecule has 1 aliphatic carbocycles. The van der Waals surface area contributed by atoms with E-state index < -0.39 is 0 Å². The summed E-state index contributed by atoms with van der Waals surface area (Å²) >= 11 is 0. The van der Waals surface area contributed by atoms with Crippen LogP contribution in [0.1, 0.15) is 46.0 Å². The molecule has 4 nitrogen and oxygen atoms in total. The molecule has 2 rings (SSSR count). The molecule has 1 amide bonds. The van der Waals surface area contributed by atoms with Gasteiger partial charge in [0, 0.05) is 19.6 Å². The second kappa shape index (κ2) is 6.90. The van der Waals surface area contributed by atoms with Crippen LogP contribution in [0, 0.1) is 11.8 Å². The molecule has 116 valence electrons. The number of rotatable bonds is 4. The molecule has 1 saturated carbocycles. The highest BCUT2D eigenvalue weighted by Gasteiger charge is 2.31. The van der Waals surface area contributed by atoms with Crippen molar-refractivity contribution in [3.63, 3.8) is 0 Å². The van der Waals surface area contributed by atoms with Crippen molar-refractivity contribution in [3.8, 4) is 0 Å². The molecule has 4 heteroatoms. The molecule has 0 aromatic carbocycles. The predicted molar refractivity (Wildman–Crippen MR) is 80.4 cm³/mol. The van der Waals surface area contributed by atoms with Crippen LogP contribution in [0.4, 0.5) is 0 Å². The molecule has 0 aromatic rings. The van der Waals surface area contributed by atoms with Gasteiger partial charge in [0.2, 0.25) is 5.91 Å². The fourth-order valence-corrected chi connectivity index (χ4v) is 3.76. The minimum atomic E-state index is -0.258. The third kappa shape index (κ3) is 3.73. The summed E-state index contributed by atoms with van der Waals surface area (Å²) in [6.07, 6.45) is 5.71. The Hall–Kier alpha value is -0.610. The van der Waals surface area contributed by atoms with E-state index in [2.05, 4.69) is 11.8 Å². The van der Waals surface area contributed by atoms with E-state index >= 15 is 0 Å². The van der Waals surface area contributed by atoms with Crippen LogP contribution in [-0.4, -0.2) is 59.6 Å². The highest BCUT2D eigenvalue weighted by atomic mass is 16.3. The highest BCUT2D eigenvalue weighted by Crippen LogP contribution is 2.27. The van der Waals surface area contributed by atoms with Crippen molar-refractivity contribution in [1.29, 1.82) is 0 Å². The van der Waals surface area contributed by atoms with Gasteiger partial charge < -0.3 is 10.0 Å². The maximum atomic E-state index is 12.4. The number of amides is 1. The van der Waals surface area contributed by atoms with Crippen LogP contribution in [0.3, 0.4) is 0 Å². The normalized spacial score (nSPS) is 33.1. The summed E-state index contributed by atoms with van der Waals surface area (Å²) < 4.78 is 0. The zero-order chi connectivity index (χ0) is 14.7. The Morgan fingerprint density at radius 1 is 1.35 bits per heavy atom. The summed E-state index contributed by atoms with van der Waals surface area (Å²) in [6, 6.07) is 0.423. The average Bonchev–Trinajstić information content (AvgIpc) is 2.87. The minimum Gasteiger partial charge on any atom is -0.393 e. The largest absolute Gasteiger partial charge is 0.393 e. The monoisotopic (exact) mass is 282 g/mol. The Morgan fingerprint density at radius 3 is 2.65 bits per heavy atom. The molecular weight excluding hydrogens is 252 g/mol. The molecular formula is C16H30N2O2. The summed E-state index contributed by atoms with van der Waals surface area (Å²) in [6.45, 7) is 6.44. The Labute approximate surface area is 123 Å². The van der Waals surface area contributed by atoms with E-state index in [1.54, 1.807) is 0 Å². The SMILES string of the molecule is CC(O)C1CCN(CC(=O)N(C)C2CCCCC2C)C1. The summed E-state index contributed by atoms with van der Waals surface area (Å²) in [7, 11) is 1.97. The number of aliphatic hydroxyl groups excluding tert-OH is 1. The molecule has 1 saturated heterocycles. The van der Waals surface area contributed by atoms with E-state index in [1.807, 2.05) is 18.9 Å². The average molecular weight is 282 g/mol. The third-order valence-corrected chi connectivity index (χ3v) is 5.31. The maximum absolute atomic E-state index is 12.4. The summed E-state index contributed by atoms with van der Waals surface area (Å²) in [5.41, 5.74) is 0. The Balaban J connectivity index is 1.82. The molecule has 20 heavy (non-hydrogen) atoms. The van der Waals surface area contributed by atoms with E-state index in [9.17, 15) is 9.90 Å². The lowest BCUT2D eigenvalue weighted by Gasteiger charge is -2.37. The van der Waals surface area contributed by atoms with Gasteiger partial charge in [0.05, 0.1) is 12.6 Å². The second-order valence-electron chi connectivity index (χ2n) is 6.86. The molecule has 1 heterocycles. The van der Waals surface area contributed by atoms with E-state index in [1.165, 1.54) is 19.3 Å². The molecule has 4 unspecified atom stereocenters. The summed E-state index contributed by atoms with van der Waals surface area (Å²) in [5.74, 6) is 1.21. The molecule has 0 bridgehead atoms. The lowest BCUT2D eigenvalue weighted by atomic mass is 9.85. The molecule has 0 radical (unpaired) electrons. The van der Waals surface area contributed by atoms with E-state index in [0.29, 0.717) is 24.4 Å². The van der Waals surface area contributed by atoms with Crippen molar-refractivity contribution in [2.24, 2.45) is 11.8 Å². The molecule has 2 fully saturated rings. The third-order valence-electron chi connectivity index (χ3n) is 5.31. The van der Waals surface area contributed by atoms with Crippen LogP contribution >= 0.6 is 0 Å². The smallest absolute Gasteiger partial charge is 0.236 e. The fourth-order valence-electron chi connectivity index (χ4n) is 3.76. The second-order valence-corrected chi connectivity index (χ2v) is 6.86. The zero-order valence-electron chi connectivity index (χ0n) is 13.2. The van der Waals surface area contributed by atoms with Gasteiger partial charge >= 0.3 is 0 Å². The number of carbonyl (C=O) groups excluding carboxylic acids is 1. The van der Waals surface area contributed by atoms with E-state index in [-0.39, 0.29) is 12.0 Å². The fraction of sp³-hybridized carbons (Fsp3) is 0.938. The van der Waals surface area contributed by atoms with E-state index in [4.69, 9.17) is 0 Å². The van der Waals surface area contributed by atoms with Gasteiger partial charge in [0.1, 0.15) is 0 Å². The summed E-state index contributed by atoms with van der Waals surface area (Å²) in [4.78, 5) is 16.6. The molecule has 4 atom stereocenters. The van der Waals surface area contributed by atoms with Crippen molar-refractivity contribution >= 4 is 5.91 Å². The van der Waals surface area contributed by atoms with Crippen molar-refractivity contribution < 1.29 is 9.90 Å². The van der Waals surface area contributed by atoms with Crippen LogP contribution in [-0.2, 0) is 4.79 Å².